The average Bonchev–Trinajstić information content (AvgIpc) is 2.62. The fourth-order valence-electron chi connectivity index (χ4n) is 2.50. The van der Waals surface area contributed by atoms with Crippen molar-refractivity contribution in [3.05, 3.63) is 65.7 Å². The van der Waals surface area contributed by atoms with Crippen LogP contribution in [0.4, 0.5) is 0 Å². The van der Waals surface area contributed by atoms with Crippen LogP contribution in [0.5, 0.6) is 5.75 Å². The summed E-state index contributed by atoms with van der Waals surface area (Å²) in [7, 11) is 1.62. The molecule has 2 N–H and O–H groups in total. The summed E-state index contributed by atoms with van der Waals surface area (Å²) in [6.07, 6.45) is 0.740. The minimum absolute atomic E-state index is 0.198. The second kappa shape index (κ2) is 8.08. The fraction of sp³-hybridized carbons (Fsp3) is 0.278. The van der Waals surface area contributed by atoms with Gasteiger partial charge in [-0.05, 0) is 18.1 Å². The topological polar surface area (TPSA) is 72.5 Å². The van der Waals surface area contributed by atoms with Crippen molar-refractivity contribution in [3.8, 4) is 5.75 Å². The van der Waals surface area contributed by atoms with Gasteiger partial charge in [0.2, 0.25) is 0 Å². The second-order valence-electron chi connectivity index (χ2n) is 5.31. The number of amidine groups is 1. The molecule has 0 fully saturated rings. The van der Waals surface area contributed by atoms with Crippen LogP contribution in [0.3, 0.4) is 0 Å². The Morgan fingerprint density at radius 3 is 2.43 bits per heavy atom. The molecule has 0 aliphatic heterocycles. The minimum Gasteiger partial charge on any atom is -0.496 e. The Balaban J connectivity index is 2.08. The van der Waals surface area contributed by atoms with E-state index in [0.29, 0.717) is 12.4 Å². The van der Waals surface area contributed by atoms with Crippen LogP contribution in [-0.2, 0) is 6.42 Å². The van der Waals surface area contributed by atoms with Gasteiger partial charge in [0.25, 0.3) is 0 Å². The van der Waals surface area contributed by atoms with Crippen molar-refractivity contribution in [3.63, 3.8) is 0 Å². The summed E-state index contributed by atoms with van der Waals surface area (Å²) in [6, 6.07) is 17.7. The molecule has 2 aromatic rings. The molecule has 0 aromatic heterocycles. The Hall–Kier alpha value is -2.69. The van der Waals surface area contributed by atoms with E-state index in [4.69, 9.17) is 15.7 Å². The molecule has 1 unspecified atom stereocenters. The van der Waals surface area contributed by atoms with Gasteiger partial charge in [0.1, 0.15) is 11.6 Å². The monoisotopic (exact) mass is 310 g/mol. The lowest BCUT2D eigenvalue weighted by Crippen LogP contribution is -2.30. The van der Waals surface area contributed by atoms with E-state index in [1.165, 1.54) is 10.6 Å². The lowest BCUT2D eigenvalue weighted by molar-refractivity contribution is 0.387. The molecule has 0 saturated heterocycles. The maximum atomic E-state index is 8.38. The summed E-state index contributed by atoms with van der Waals surface area (Å²) in [5, 5.41) is 13.3. The van der Waals surface area contributed by atoms with Crippen LogP contribution in [-0.4, -0.2) is 24.5 Å². The summed E-state index contributed by atoms with van der Waals surface area (Å²) in [4.78, 5) is 0. The average molecular weight is 310 g/mol. The van der Waals surface area contributed by atoms with Gasteiger partial charge < -0.3 is 4.74 Å². The van der Waals surface area contributed by atoms with E-state index in [2.05, 4.69) is 5.22 Å². The smallest absolute Gasteiger partial charge is 0.126 e. The number of hydrogen-bond donors (Lipinski definition) is 2. The molecule has 0 aliphatic rings. The van der Waals surface area contributed by atoms with E-state index in [9.17, 15) is 0 Å². The summed E-state index contributed by atoms with van der Waals surface area (Å²) in [5.74, 6) is 0.842. The number of ether oxygens (including phenoxy) is 1. The third kappa shape index (κ3) is 4.16. The summed E-state index contributed by atoms with van der Waals surface area (Å²) < 4.78 is 5.37. The number of nitrogens with one attached hydrogen (secondary N) is 2. The highest BCUT2D eigenvalue weighted by molar-refractivity contribution is 5.86. The standard InChI is InChI=1S/C18H22N4O/c1-14(16-10-6-7-11-17(16)23-2)18(19)22(21-20)13-12-15-8-4-3-5-9-15/h3-11,14,19-20H,12-13H2,1-2H3. The van der Waals surface area contributed by atoms with Crippen molar-refractivity contribution in [2.45, 2.75) is 19.3 Å². The Morgan fingerprint density at radius 2 is 1.78 bits per heavy atom. The van der Waals surface area contributed by atoms with E-state index in [1.807, 2.05) is 61.5 Å². The van der Waals surface area contributed by atoms with Crippen LogP contribution in [0, 0.1) is 10.9 Å². The fourth-order valence-corrected chi connectivity index (χ4v) is 2.50. The van der Waals surface area contributed by atoms with Crippen molar-refractivity contribution in [1.82, 2.24) is 5.01 Å². The van der Waals surface area contributed by atoms with Crippen LogP contribution in [0.2, 0.25) is 0 Å². The van der Waals surface area contributed by atoms with E-state index >= 15 is 0 Å². The lowest BCUT2D eigenvalue weighted by atomic mass is 9.98. The molecular weight excluding hydrogens is 288 g/mol. The molecule has 23 heavy (non-hydrogen) atoms. The molecule has 0 spiro atoms. The maximum absolute atomic E-state index is 8.38. The van der Waals surface area contributed by atoms with Gasteiger partial charge in [-0.25, -0.2) is 5.01 Å². The predicted octanol–water partition coefficient (Wildman–Crippen LogP) is 4.27. The number of methoxy groups -OCH3 is 1. The van der Waals surface area contributed by atoms with E-state index in [-0.39, 0.29) is 5.92 Å². The highest BCUT2D eigenvalue weighted by Gasteiger charge is 2.20. The number of hydrogen-bond acceptors (Lipinski definition) is 4. The molecule has 2 rings (SSSR count). The van der Waals surface area contributed by atoms with Crippen LogP contribution in [0.25, 0.3) is 0 Å². The van der Waals surface area contributed by atoms with Gasteiger partial charge in [-0.15, -0.1) is 0 Å². The molecule has 0 aliphatic carbocycles. The highest BCUT2D eigenvalue weighted by Crippen LogP contribution is 2.27. The van der Waals surface area contributed by atoms with E-state index in [1.54, 1.807) is 7.11 Å². The quantitative estimate of drug-likeness (QED) is 0.347. The molecule has 5 nitrogen and oxygen atoms in total. The lowest BCUT2D eigenvalue weighted by Gasteiger charge is -2.23. The molecule has 5 heteroatoms. The Morgan fingerprint density at radius 1 is 1.13 bits per heavy atom. The molecule has 0 bridgehead atoms. The first kappa shape index (κ1) is 16.7. The molecule has 0 saturated carbocycles. The first-order valence-corrected chi connectivity index (χ1v) is 7.57. The van der Waals surface area contributed by atoms with E-state index in [0.717, 1.165) is 17.7 Å². The first-order valence-electron chi connectivity index (χ1n) is 7.57. The first-order chi connectivity index (χ1) is 11.2. The van der Waals surface area contributed by atoms with Crippen molar-refractivity contribution in [1.29, 1.82) is 10.9 Å². The number of benzene rings is 2. The molecule has 0 amide bonds. The van der Waals surface area contributed by atoms with Crippen molar-refractivity contribution < 1.29 is 4.74 Å². The SMILES string of the molecule is COc1ccccc1C(C)C(=N)N(CCc1ccccc1)N=N. The van der Waals surface area contributed by atoms with Gasteiger partial charge >= 0.3 is 0 Å². The normalized spacial score (nSPS) is 11.6. The molecular formula is C18H22N4O. The molecule has 0 heterocycles. The molecule has 1 atom stereocenters. The van der Waals surface area contributed by atoms with Crippen molar-refractivity contribution >= 4 is 5.84 Å². The predicted molar refractivity (Wildman–Crippen MR) is 91.1 cm³/mol. The third-order valence-corrected chi connectivity index (χ3v) is 3.87. The third-order valence-electron chi connectivity index (χ3n) is 3.87. The van der Waals surface area contributed by atoms with Gasteiger partial charge in [-0.3, -0.25) is 5.41 Å². The molecule has 120 valence electrons. The number of para-hydroxylation sites is 1. The van der Waals surface area contributed by atoms with Gasteiger partial charge in [0, 0.05) is 18.0 Å². The largest absolute Gasteiger partial charge is 0.496 e. The molecule has 0 radical (unpaired) electrons. The zero-order chi connectivity index (χ0) is 16.7. The summed E-state index contributed by atoms with van der Waals surface area (Å²) >= 11 is 0. The Bertz CT molecular complexity index is 657. The van der Waals surface area contributed by atoms with Crippen LogP contribution in [0.1, 0.15) is 24.0 Å². The van der Waals surface area contributed by atoms with Crippen molar-refractivity contribution in [2.24, 2.45) is 5.22 Å². The minimum atomic E-state index is -0.198. The van der Waals surface area contributed by atoms with Gasteiger partial charge in [-0.2, -0.15) is 5.53 Å². The molecule has 2 aromatic carbocycles. The van der Waals surface area contributed by atoms with Gasteiger partial charge in [0.15, 0.2) is 0 Å². The highest BCUT2D eigenvalue weighted by atomic mass is 16.5. The Kier molecular flexibility index (Phi) is 5.86. The Labute approximate surface area is 136 Å². The van der Waals surface area contributed by atoms with Gasteiger partial charge in [-0.1, -0.05) is 60.7 Å². The summed E-state index contributed by atoms with van der Waals surface area (Å²) in [5.41, 5.74) is 9.48. The van der Waals surface area contributed by atoms with Crippen LogP contribution < -0.4 is 4.74 Å². The summed E-state index contributed by atoms with van der Waals surface area (Å²) in [6.45, 7) is 2.44. The second-order valence-corrected chi connectivity index (χ2v) is 5.31. The van der Waals surface area contributed by atoms with Crippen LogP contribution in [0.15, 0.2) is 59.8 Å². The van der Waals surface area contributed by atoms with Crippen molar-refractivity contribution in [2.75, 3.05) is 13.7 Å². The zero-order valence-electron chi connectivity index (χ0n) is 13.5. The number of rotatable bonds is 7. The maximum Gasteiger partial charge on any atom is 0.126 e. The number of nitrogens with zero attached hydrogens (tertiary/aromatic N) is 2. The van der Waals surface area contributed by atoms with Crippen LogP contribution >= 0.6 is 0 Å². The van der Waals surface area contributed by atoms with E-state index < -0.39 is 0 Å². The van der Waals surface area contributed by atoms with Gasteiger partial charge in [0.05, 0.1) is 7.11 Å². The zero-order valence-corrected chi connectivity index (χ0v) is 13.5.